The van der Waals surface area contributed by atoms with Gasteiger partial charge in [0.15, 0.2) is 5.38 Å². The van der Waals surface area contributed by atoms with Gasteiger partial charge in [-0.15, -0.1) is 11.6 Å². The molecular formula is C6H9ClN4O. The maximum Gasteiger partial charge on any atom is 0.264 e. The van der Waals surface area contributed by atoms with E-state index >= 15 is 0 Å². The fourth-order valence-electron chi connectivity index (χ4n) is 0.733. The van der Waals surface area contributed by atoms with Crippen LogP contribution in [-0.2, 0) is 4.79 Å². The third-order valence-electron chi connectivity index (χ3n) is 1.28. The first-order valence-corrected chi connectivity index (χ1v) is 3.90. The minimum atomic E-state index is -0.742. The maximum absolute atomic E-state index is 10.9. The minimum absolute atomic E-state index is 0.352. The summed E-state index contributed by atoms with van der Waals surface area (Å²) in [5, 5.41) is 2.82. The average molecular weight is 189 g/mol. The van der Waals surface area contributed by atoms with Crippen molar-refractivity contribution in [3.05, 3.63) is 0 Å². The monoisotopic (exact) mass is 188 g/mol. The van der Waals surface area contributed by atoms with Crippen molar-refractivity contribution in [2.75, 3.05) is 13.1 Å². The Bertz CT molecular complexity index is 238. The van der Waals surface area contributed by atoms with Crippen LogP contribution < -0.4 is 11.2 Å². The van der Waals surface area contributed by atoms with Crippen LogP contribution in [0.2, 0.25) is 0 Å². The topological polar surface area (TPSA) is 79.8 Å². The zero-order valence-electron chi connectivity index (χ0n) is 6.33. The normalized spacial score (nSPS) is 26.0. The van der Waals surface area contributed by atoms with Gasteiger partial charge in [-0.2, -0.15) is 5.10 Å². The van der Waals surface area contributed by atoms with E-state index in [4.69, 9.17) is 17.3 Å². The molecule has 0 fully saturated rings. The molecule has 0 saturated carbocycles. The van der Waals surface area contributed by atoms with Crippen molar-refractivity contribution in [2.45, 2.75) is 5.38 Å². The lowest BCUT2D eigenvalue weighted by Gasteiger charge is -2.11. The Morgan fingerprint density at radius 1 is 1.83 bits per heavy atom. The summed E-state index contributed by atoms with van der Waals surface area (Å²) in [6.45, 7) is 0.889. The highest BCUT2D eigenvalue weighted by atomic mass is 35.5. The molecule has 0 aliphatic carbocycles. The number of carbonyl (C=O) groups excluding carboxylic acids is 1. The predicted molar refractivity (Wildman–Crippen MR) is 47.6 cm³/mol. The number of carbonyl (C=O) groups is 1. The number of nitrogens with two attached hydrogens (primary N) is 1. The van der Waals surface area contributed by atoms with Crippen LogP contribution in [0.5, 0.6) is 0 Å². The third-order valence-corrected chi connectivity index (χ3v) is 1.71. The molecule has 0 spiro atoms. The molecule has 0 saturated heterocycles. The smallest absolute Gasteiger partial charge is 0.264 e. The molecule has 0 aromatic rings. The summed E-state index contributed by atoms with van der Waals surface area (Å²) in [5.41, 5.74) is 7.92. The molecule has 1 unspecified atom stereocenters. The van der Waals surface area contributed by atoms with E-state index in [-0.39, 0.29) is 5.91 Å². The van der Waals surface area contributed by atoms with Crippen molar-refractivity contribution in [3.8, 4) is 0 Å². The third kappa shape index (κ3) is 2.02. The molecule has 1 aliphatic rings. The Morgan fingerprint density at radius 3 is 3.25 bits per heavy atom. The predicted octanol–water partition coefficient (Wildman–Crippen LogP) is -0.891. The molecule has 5 nitrogen and oxygen atoms in total. The number of hydrazone groups is 1. The molecule has 66 valence electrons. The van der Waals surface area contributed by atoms with Gasteiger partial charge in [0.25, 0.3) is 5.91 Å². The Labute approximate surface area is 74.7 Å². The highest BCUT2D eigenvalue weighted by Gasteiger charge is 2.23. The van der Waals surface area contributed by atoms with Crippen molar-refractivity contribution in [2.24, 2.45) is 15.8 Å². The van der Waals surface area contributed by atoms with E-state index in [9.17, 15) is 4.79 Å². The van der Waals surface area contributed by atoms with Crippen LogP contribution in [0.1, 0.15) is 0 Å². The highest BCUT2D eigenvalue weighted by Crippen LogP contribution is 2.01. The molecule has 1 amide bonds. The van der Waals surface area contributed by atoms with E-state index in [1.165, 1.54) is 6.21 Å². The molecule has 1 heterocycles. The number of nitrogens with one attached hydrogen (secondary N) is 1. The number of hydrogen-bond donors (Lipinski definition) is 2. The van der Waals surface area contributed by atoms with Gasteiger partial charge in [0, 0.05) is 6.54 Å². The van der Waals surface area contributed by atoms with Gasteiger partial charge in [-0.1, -0.05) is 0 Å². The fourth-order valence-corrected chi connectivity index (χ4v) is 0.907. The van der Waals surface area contributed by atoms with Gasteiger partial charge >= 0.3 is 0 Å². The molecule has 1 rings (SSSR count). The lowest BCUT2D eigenvalue weighted by molar-refractivity contribution is -0.119. The van der Waals surface area contributed by atoms with Crippen LogP contribution >= 0.6 is 11.6 Å². The largest absolute Gasteiger partial charge is 0.329 e. The number of hydrogen-bond acceptors (Lipinski definition) is 4. The molecule has 1 atom stereocenters. The number of nitrogens with zero attached hydrogens (tertiary/aromatic N) is 2. The summed E-state index contributed by atoms with van der Waals surface area (Å²) in [6, 6.07) is 0. The molecular weight excluding hydrogens is 180 g/mol. The highest BCUT2D eigenvalue weighted by molar-refractivity contribution is 6.54. The summed E-state index contributed by atoms with van der Waals surface area (Å²) in [5.74, 6) is -0.352. The van der Waals surface area contributed by atoms with E-state index in [2.05, 4.69) is 15.5 Å². The molecule has 6 heteroatoms. The summed E-state index contributed by atoms with van der Waals surface area (Å²) in [6.07, 6.45) is 1.43. The fraction of sp³-hybridized carbons (Fsp3) is 0.500. The lowest BCUT2D eigenvalue weighted by Crippen LogP contribution is -2.39. The van der Waals surface area contributed by atoms with Crippen LogP contribution in [0, 0.1) is 0 Å². The molecule has 0 aromatic carbocycles. The number of amides is 1. The first-order chi connectivity index (χ1) is 5.75. The van der Waals surface area contributed by atoms with E-state index in [1.54, 1.807) is 0 Å². The Balaban J connectivity index is 2.69. The SMILES string of the molecule is NCCN=C1C=NNC(=O)C1Cl. The second-order valence-electron chi connectivity index (χ2n) is 2.19. The van der Waals surface area contributed by atoms with Crippen molar-refractivity contribution < 1.29 is 4.79 Å². The zero-order chi connectivity index (χ0) is 8.97. The number of alkyl halides is 1. The van der Waals surface area contributed by atoms with Gasteiger partial charge < -0.3 is 5.73 Å². The second-order valence-corrected chi connectivity index (χ2v) is 2.63. The van der Waals surface area contributed by atoms with Crippen molar-refractivity contribution in [3.63, 3.8) is 0 Å². The van der Waals surface area contributed by atoms with E-state index in [1.807, 2.05) is 0 Å². The van der Waals surface area contributed by atoms with Crippen molar-refractivity contribution >= 4 is 29.4 Å². The average Bonchev–Trinajstić information content (AvgIpc) is 2.08. The molecule has 0 radical (unpaired) electrons. The number of rotatable bonds is 2. The number of aliphatic imine (C=N–C) groups is 1. The summed E-state index contributed by atoms with van der Waals surface area (Å²) < 4.78 is 0. The standard InChI is InChI=1S/C6H9ClN4O/c7-5-4(9-2-1-8)3-10-11-6(5)12/h3,5H,1-2,8H2,(H,11,12). The molecule has 1 aliphatic heterocycles. The maximum atomic E-state index is 10.9. The van der Waals surface area contributed by atoms with Gasteiger partial charge in [-0.25, -0.2) is 5.43 Å². The summed E-state index contributed by atoms with van der Waals surface area (Å²) >= 11 is 5.69. The lowest BCUT2D eigenvalue weighted by atomic mass is 10.2. The van der Waals surface area contributed by atoms with Gasteiger partial charge in [-0.05, 0) is 0 Å². The summed E-state index contributed by atoms with van der Waals surface area (Å²) in [7, 11) is 0. The molecule has 3 N–H and O–H groups in total. The van der Waals surface area contributed by atoms with Crippen LogP contribution in [0.4, 0.5) is 0 Å². The van der Waals surface area contributed by atoms with E-state index in [0.717, 1.165) is 0 Å². The minimum Gasteiger partial charge on any atom is -0.329 e. The van der Waals surface area contributed by atoms with Gasteiger partial charge in [0.1, 0.15) is 0 Å². The Morgan fingerprint density at radius 2 is 2.58 bits per heavy atom. The Kier molecular flexibility index (Phi) is 3.19. The van der Waals surface area contributed by atoms with Crippen LogP contribution in [0.15, 0.2) is 10.1 Å². The van der Waals surface area contributed by atoms with Crippen molar-refractivity contribution in [1.82, 2.24) is 5.43 Å². The quantitative estimate of drug-likeness (QED) is 0.552. The first kappa shape index (κ1) is 9.15. The Hall–Kier alpha value is -0.940. The second kappa shape index (κ2) is 4.18. The van der Waals surface area contributed by atoms with Crippen LogP contribution in [0.3, 0.4) is 0 Å². The van der Waals surface area contributed by atoms with Crippen LogP contribution in [0.25, 0.3) is 0 Å². The van der Waals surface area contributed by atoms with Gasteiger partial charge in [-0.3, -0.25) is 9.79 Å². The molecule has 12 heavy (non-hydrogen) atoms. The zero-order valence-corrected chi connectivity index (χ0v) is 7.08. The summed E-state index contributed by atoms with van der Waals surface area (Å²) in [4.78, 5) is 14.9. The van der Waals surface area contributed by atoms with Gasteiger partial charge in [0.05, 0.1) is 18.5 Å². The first-order valence-electron chi connectivity index (χ1n) is 3.47. The number of halogens is 1. The van der Waals surface area contributed by atoms with Crippen molar-refractivity contribution in [1.29, 1.82) is 0 Å². The van der Waals surface area contributed by atoms with Gasteiger partial charge in [0.2, 0.25) is 0 Å². The molecule has 0 bridgehead atoms. The van der Waals surface area contributed by atoms with E-state index < -0.39 is 5.38 Å². The molecule has 0 aromatic heterocycles. The van der Waals surface area contributed by atoms with Crippen LogP contribution in [-0.4, -0.2) is 36.3 Å². The van der Waals surface area contributed by atoms with E-state index in [0.29, 0.717) is 18.8 Å².